The lowest BCUT2D eigenvalue weighted by atomic mass is 9.98. The minimum absolute atomic E-state index is 0.0857. The predicted molar refractivity (Wildman–Crippen MR) is 75.5 cm³/mol. The Morgan fingerprint density at radius 1 is 1.30 bits per heavy atom. The van der Waals surface area contributed by atoms with Crippen LogP contribution in [0.5, 0.6) is 0 Å². The van der Waals surface area contributed by atoms with Crippen molar-refractivity contribution >= 4 is 15.9 Å². The van der Waals surface area contributed by atoms with Crippen molar-refractivity contribution in [1.29, 1.82) is 0 Å². The Balaban J connectivity index is 1.83. The smallest absolute Gasteiger partial charge is 0.224 e. The van der Waals surface area contributed by atoms with Crippen molar-refractivity contribution in [3.8, 4) is 0 Å². The SMILES string of the molecule is CS(=O)(=O)N1CCCC(C(=O)NCC2CCCC2O)C1. The molecule has 1 saturated carbocycles. The fraction of sp³-hybridized carbons (Fsp3) is 0.923. The Kier molecular flexibility index (Phi) is 5.04. The Labute approximate surface area is 120 Å². The Bertz CT molecular complexity index is 451. The number of piperidine rings is 1. The van der Waals surface area contributed by atoms with Crippen molar-refractivity contribution in [3.63, 3.8) is 0 Å². The molecule has 0 aromatic heterocycles. The van der Waals surface area contributed by atoms with Crippen molar-refractivity contribution in [2.24, 2.45) is 11.8 Å². The third-order valence-corrected chi connectivity index (χ3v) is 5.65. The highest BCUT2D eigenvalue weighted by Gasteiger charge is 2.31. The summed E-state index contributed by atoms with van der Waals surface area (Å²) in [6, 6.07) is 0. The molecule has 6 nitrogen and oxygen atoms in total. The Morgan fingerprint density at radius 3 is 2.65 bits per heavy atom. The molecular weight excluding hydrogens is 280 g/mol. The number of nitrogens with zero attached hydrogens (tertiary/aromatic N) is 1. The van der Waals surface area contributed by atoms with Gasteiger partial charge in [-0.3, -0.25) is 4.79 Å². The third-order valence-electron chi connectivity index (χ3n) is 4.38. The van der Waals surface area contributed by atoms with Gasteiger partial charge in [0.2, 0.25) is 15.9 Å². The van der Waals surface area contributed by atoms with E-state index in [-0.39, 0.29) is 30.4 Å². The molecule has 0 spiro atoms. The zero-order valence-electron chi connectivity index (χ0n) is 11.9. The van der Waals surface area contributed by atoms with Crippen LogP contribution >= 0.6 is 0 Å². The quantitative estimate of drug-likeness (QED) is 0.761. The van der Waals surface area contributed by atoms with Gasteiger partial charge < -0.3 is 10.4 Å². The van der Waals surface area contributed by atoms with Gasteiger partial charge in [0.1, 0.15) is 0 Å². The van der Waals surface area contributed by atoms with Gasteiger partial charge >= 0.3 is 0 Å². The van der Waals surface area contributed by atoms with Crippen molar-refractivity contribution in [3.05, 3.63) is 0 Å². The van der Waals surface area contributed by atoms with E-state index in [4.69, 9.17) is 0 Å². The number of rotatable bonds is 4. The van der Waals surface area contributed by atoms with Gasteiger partial charge in [-0.15, -0.1) is 0 Å². The second-order valence-corrected chi connectivity index (χ2v) is 7.95. The van der Waals surface area contributed by atoms with Crippen LogP contribution in [0, 0.1) is 11.8 Å². The minimum atomic E-state index is -3.22. The van der Waals surface area contributed by atoms with Crippen LogP contribution in [0.2, 0.25) is 0 Å². The first-order valence-electron chi connectivity index (χ1n) is 7.29. The zero-order valence-corrected chi connectivity index (χ0v) is 12.7. The Hall–Kier alpha value is -0.660. The summed E-state index contributed by atoms with van der Waals surface area (Å²) in [4.78, 5) is 12.1. The maximum Gasteiger partial charge on any atom is 0.224 e. The number of amides is 1. The second kappa shape index (κ2) is 6.41. The first-order chi connectivity index (χ1) is 9.38. The van der Waals surface area contributed by atoms with Gasteiger partial charge in [0.15, 0.2) is 0 Å². The first-order valence-corrected chi connectivity index (χ1v) is 9.13. The average Bonchev–Trinajstić information content (AvgIpc) is 2.81. The van der Waals surface area contributed by atoms with Gasteiger partial charge in [0.05, 0.1) is 18.3 Å². The molecule has 2 rings (SSSR count). The highest BCUT2D eigenvalue weighted by Crippen LogP contribution is 2.25. The van der Waals surface area contributed by atoms with Gasteiger partial charge in [0, 0.05) is 25.6 Å². The average molecular weight is 304 g/mol. The van der Waals surface area contributed by atoms with Gasteiger partial charge in [-0.2, -0.15) is 0 Å². The zero-order chi connectivity index (χ0) is 14.8. The van der Waals surface area contributed by atoms with Crippen LogP contribution in [0.15, 0.2) is 0 Å². The molecule has 20 heavy (non-hydrogen) atoms. The molecule has 3 atom stereocenters. The van der Waals surface area contributed by atoms with Crippen LogP contribution in [-0.4, -0.2) is 55.7 Å². The molecule has 0 bridgehead atoms. The fourth-order valence-corrected chi connectivity index (χ4v) is 4.00. The Morgan fingerprint density at radius 2 is 2.05 bits per heavy atom. The molecule has 1 amide bonds. The third kappa shape index (κ3) is 3.93. The molecule has 1 saturated heterocycles. The number of aliphatic hydroxyl groups excluding tert-OH is 1. The van der Waals surface area contributed by atoms with Crippen LogP contribution in [-0.2, 0) is 14.8 Å². The second-order valence-electron chi connectivity index (χ2n) is 5.96. The molecule has 3 unspecified atom stereocenters. The summed E-state index contributed by atoms with van der Waals surface area (Å²) < 4.78 is 24.4. The van der Waals surface area contributed by atoms with Crippen molar-refractivity contribution < 1.29 is 18.3 Å². The number of hydrogen-bond acceptors (Lipinski definition) is 4. The molecule has 0 aromatic carbocycles. The number of aliphatic hydroxyl groups is 1. The number of hydrogen-bond donors (Lipinski definition) is 2. The summed E-state index contributed by atoms with van der Waals surface area (Å²) in [7, 11) is -3.22. The molecule has 116 valence electrons. The lowest BCUT2D eigenvalue weighted by molar-refractivity contribution is -0.126. The maximum absolute atomic E-state index is 12.1. The summed E-state index contributed by atoms with van der Waals surface area (Å²) in [6.45, 7) is 1.28. The molecule has 2 aliphatic rings. The molecule has 0 aromatic rings. The molecule has 7 heteroatoms. The van der Waals surface area contributed by atoms with E-state index in [0.717, 1.165) is 32.1 Å². The van der Waals surface area contributed by atoms with Crippen molar-refractivity contribution in [2.75, 3.05) is 25.9 Å². The van der Waals surface area contributed by atoms with Crippen LogP contribution < -0.4 is 5.32 Å². The highest BCUT2D eigenvalue weighted by molar-refractivity contribution is 7.88. The molecule has 2 N–H and O–H groups in total. The molecule has 0 radical (unpaired) electrons. The van der Waals surface area contributed by atoms with E-state index in [1.54, 1.807) is 0 Å². The van der Waals surface area contributed by atoms with E-state index < -0.39 is 10.0 Å². The molecule has 2 fully saturated rings. The summed E-state index contributed by atoms with van der Waals surface area (Å²) in [6.07, 6.45) is 5.08. The van der Waals surface area contributed by atoms with Gasteiger partial charge in [0.25, 0.3) is 0 Å². The number of carbonyl (C=O) groups is 1. The molecular formula is C13H24N2O4S. The van der Waals surface area contributed by atoms with Crippen molar-refractivity contribution in [2.45, 2.75) is 38.2 Å². The van der Waals surface area contributed by atoms with Gasteiger partial charge in [-0.05, 0) is 25.7 Å². The van der Waals surface area contributed by atoms with Crippen LogP contribution in [0.3, 0.4) is 0 Å². The predicted octanol–water partition coefficient (Wildman–Crippen LogP) is -0.0648. The molecule has 1 aliphatic heterocycles. The first kappa shape index (κ1) is 15.7. The molecule has 1 heterocycles. The lowest BCUT2D eigenvalue weighted by Crippen LogP contribution is -2.46. The largest absolute Gasteiger partial charge is 0.393 e. The number of sulfonamides is 1. The lowest BCUT2D eigenvalue weighted by Gasteiger charge is -2.30. The maximum atomic E-state index is 12.1. The van der Waals surface area contributed by atoms with E-state index in [9.17, 15) is 18.3 Å². The van der Waals surface area contributed by atoms with Crippen LogP contribution in [0.25, 0.3) is 0 Å². The topological polar surface area (TPSA) is 86.7 Å². The van der Waals surface area contributed by atoms with E-state index >= 15 is 0 Å². The standard InChI is InChI=1S/C13H24N2O4S/c1-20(18,19)15-7-3-5-11(9-15)13(17)14-8-10-4-2-6-12(10)16/h10-12,16H,2-9H2,1H3,(H,14,17). The number of nitrogens with one attached hydrogen (secondary N) is 1. The summed E-state index contributed by atoms with van der Waals surface area (Å²) in [5.74, 6) is -0.206. The van der Waals surface area contributed by atoms with E-state index in [2.05, 4.69) is 5.32 Å². The summed E-state index contributed by atoms with van der Waals surface area (Å²) >= 11 is 0. The van der Waals surface area contributed by atoms with Crippen LogP contribution in [0.1, 0.15) is 32.1 Å². The highest BCUT2D eigenvalue weighted by atomic mass is 32.2. The summed E-state index contributed by atoms with van der Waals surface area (Å²) in [5.41, 5.74) is 0. The van der Waals surface area contributed by atoms with E-state index in [1.807, 2.05) is 0 Å². The van der Waals surface area contributed by atoms with E-state index in [0.29, 0.717) is 13.1 Å². The normalized spacial score (nSPS) is 32.2. The van der Waals surface area contributed by atoms with E-state index in [1.165, 1.54) is 10.6 Å². The van der Waals surface area contributed by atoms with Crippen LogP contribution in [0.4, 0.5) is 0 Å². The minimum Gasteiger partial charge on any atom is -0.393 e. The van der Waals surface area contributed by atoms with Gasteiger partial charge in [-0.1, -0.05) is 6.42 Å². The van der Waals surface area contributed by atoms with Crippen molar-refractivity contribution in [1.82, 2.24) is 9.62 Å². The van der Waals surface area contributed by atoms with Gasteiger partial charge in [-0.25, -0.2) is 12.7 Å². The summed E-state index contributed by atoms with van der Waals surface area (Å²) in [5, 5.41) is 12.6. The number of carbonyl (C=O) groups excluding carboxylic acids is 1. The molecule has 1 aliphatic carbocycles. The fourth-order valence-electron chi connectivity index (χ4n) is 3.09. The monoisotopic (exact) mass is 304 g/mol.